The Balaban J connectivity index is 1.83. The van der Waals surface area contributed by atoms with E-state index in [9.17, 15) is 5.11 Å². The van der Waals surface area contributed by atoms with Crippen molar-refractivity contribution in [1.29, 1.82) is 0 Å². The first kappa shape index (κ1) is 21.2. The van der Waals surface area contributed by atoms with Gasteiger partial charge in [0.2, 0.25) is 0 Å². The minimum atomic E-state index is -1.15. The topological polar surface area (TPSA) is 124 Å². The van der Waals surface area contributed by atoms with Gasteiger partial charge in [0, 0.05) is 19.0 Å². The van der Waals surface area contributed by atoms with Gasteiger partial charge in [-0.25, -0.2) is 9.97 Å². The molecule has 9 heteroatoms. The fraction of sp³-hybridized carbons (Fsp3) is 0.500. The highest BCUT2D eigenvalue weighted by Gasteiger charge is 2.23. The Bertz CT molecular complexity index is 1130. The molecule has 0 amide bonds. The molecule has 9 nitrogen and oxygen atoms in total. The van der Waals surface area contributed by atoms with Crippen molar-refractivity contribution < 1.29 is 14.4 Å². The molecule has 0 aromatic carbocycles. The number of aromatic nitrogens is 4. The number of piperidine rings is 1. The van der Waals surface area contributed by atoms with Crippen LogP contribution in [0.3, 0.4) is 0 Å². The predicted octanol–water partition coefficient (Wildman–Crippen LogP) is 2.19. The Morgan fingerprint density at radius 1 is 1.45 bits per heavy atom. The smallest absolute Gasteiger partial charge is 0.172 e. The maximum atomic E-state index is 10.0. The quantitative estimate of drug-likeness (QED) is 0.533. The van der Waals surface area contributed by atoms with Gasteiger partial charge in [0.15, 0.2) is 17.3 Å². The van der Waals surface area contributed by atoms with Gasteiger partial charge in [-0.1, -0.05) is 11.1 Å². The van der Waals surface area contributed by atoms with Gasteiger partial charge in [0.1, 0.15) is 34.3 Å². The fourth-order valence-electron chi connectivity index (χ4n) is 3.70. The summed E-state index contributed by atoms with van der Waals surface area (Å²) >= 11 is 0. The number of aryl methyl sites for hydroxylation is 1. The van der Waals surface area contributed by atoms with Crippen LogP contribution >= 0.6 is 0 Å². The SMILES string of the molecule is CCn1c(-c2nocc2N)nc2c(C#CC(C)(C)O)ncc(OC[C@H]3CCCNC3)c21. The molecule has 3 aromatic heterocycles. The molecule has 0 radical (unpaired) electrons. The molecule has 4 heterocycles. The third-order valence-corrected chi connectivity index (χ3v) is 5.22. The molecule has 164 valence electrons. The highest BCUT2D eigenvalue weighted by Crippen LogP contribution is 2.34. The first-order valence-electron chi connectivity index (χ1n) is 10.6. The van der Waals surface area contributed by atoms with Crippen molar-refractivity contribution in [2.24, 2.45) is 5.92 Å². The summed E-state index contributed by atoms with van der Waals surface area (Å²) in [4.78, 5) is 9.25. The van der Waals surface area contributed by atoms with E-state index in [4.69, 9.17) is 20.0 Å². The second-order valence-corrected chi connectivity index (χ2v) is 8.30. The van der Waals surface area contributed by atoms with Crippen molar-refractivity contribution in [3.63, 3.8) is 0 Å². The van der Waals surface area contributed by atoms with E-state index in [0.29, 0.717) is 53.2 Å². The van der Waals surface area contributed by atoms with E-state index in [1.165, 1.54) is 6.26 Å². The number of pyridine rings is 1. The van der Waals surface area contributed by atoms with Gasteiger partial charge in [0.25, 0.3) is 0 Å². The van der Waals surface area contributed by atoms with Crippen molar-refractivity contribution in [3.8, 4) is 29.1 Å². The second-order valence-electron chi connectivity index (χ2n) is 8.30. The lowest BCUT2D eigenvalue weighted by Gasteiger charge is -2.23. The van der Waals surface area contributed by atoms with Gasteiger partial charge >= 0.3 is 0 Å². The molecule has 0 saturated carbocycles. The molecular weight excluding hydrogens is 396 g/mol. The molecule has 1 aliphatic heterocycles. The summed E-state index contributed by atoms with van der Waals surface area (Å²) in [7, 11) is 0. The number of nitrogens with two attached hydrogens (primary N) is 1. The molecule has 0 bridgehead atoms. The van der Waals surface area contributed by atoms with E-state index in [1.807, 2.05) is 11.5 Å². The summed E-state index contributed by atoms with van der Waals surface area (Å²) in [6, 6.07) is 0. The van der Waals surface area contributed by atoms with Crippen LogP contribution in [-0.4, -0.2) is 50.1 Å². The number of anilines is 1. The molecule has 4 N–H and O–H groups in total. The van der Waals surface area contributed by atoms with E-state index >= 15 is 0 Å². The summed E-state index contributed by atoms with van der Waals surface area (Å²) in [6.45, 7) is 8.47. The van der Waals surface area contributed by atoms with Crippen LogP contribution in [0.25, 0.3) is 22.6 Å². The summed E-state index contributed by atoms with van der Waals surface area (Å²) < 4.78 is 13.2. The van der Waals surface area contributed by atoms with Gasteiger partial charge in [-0.05, 0) is 46.1 Å². The molecule has 4 rings (SSSR count). The number of ether oxygens (including phenoxy) is 1. The zero-order valence-corrected chi connectivity index (χ0v) is 18.1. The van der Waals surface area contributed by atoms with Crippen molar-refractivity contribution in [2.45, 2.75) is 45.8 Å². The predicted molar refractivity (Wildman–Crippen MR) is 117 cm³/mol. The lowest BCUT2D eigenvalue weighted by molar-refractivity contribution is 0.143. The van der Waals surface area contributed by atoms with Crippen LogP contribution in [0.1, 0.15) is 39.3 Å². The standard InChI is InChI=1S/C22H28N6O3/c1-4-28-20-17(30-12-14-6-5-9-24-10-14)11-25-16(7-8-22(2,3)29)19(20)26-21(28)18-15(23)13-31-27-18/h11,13-14,24,29H,4-6,9-10,12,23H2,1-3H3/t14-/m0/s1. The largest absolute Gasteiger partial charge is 0.489 e. The van der Waals surface area contributed by atoms with Gasteiger partial charge in [-0.2, -0.15) is 0 Å². The Hall–Kier alpha value is -3.09. The summed E-state index contributed by atoms with van der Waals surface area (Å²) in [5.74, 6) is 7.41. The molecule has 3 aromatic rings. The molecule has 0 aliphatic carbocycles. The Morgan fingerprint density at radius 2 is 2.29 bits per heavy atom. The molecule has 1 aliphatic rings. The normalized spacial score (nSPS) is 16.8. The van der Waals surface area contributed by atoms with E-state index in [0.717, 1.165) is 31.4 Å². The number of nitrogens with one attached hydrogen (secondary N) is 1. The maximum Gasteiger partial charge on any atom is 0.172 e. The maximum absolute atomic E-state index is 10.0. The van der Waals surface area contributed by atoms with E-state index in [-0.39, 0.29) is 0 Å². The van der Waals surface area contributed by atoms with Gasteiger partial charge in [-0.3, -0.25) is 0 Å². The van der Waals surface area contributed by atoms with Crippen LogP contribution in [0.15, 0.2) is 17.0 Å². The van der Waals surface area contributed by atoms with E-state index in [1.54, 1.807) is 20.0 Å². The molecule has 1 saturated heterocycles. The summed E-state index contributed by atoms with van der Waals surface area (Å²) in [6.07, 6.45) is 5.34. The van der Waals surface area contributed by atoms with Crippen LogP contribution in [0.4, 0.5) is 5.69 Å². The zero-order valence-electron chi connectivity index (χ0n) is 18.1. The third-order valence-electron chi connectivity index (χ3n) is 5.22. The van der Waals surface area contributed by atoms with Crippen LogP contribution in [0.2, 0.25) is 0 Å². The van der Waals surface area contributed by atoms with Crippen molar-refractivity contribution in [3.05, 3.63) is 18.2 Å². The van der Waals surface area contributed by atoms with Gasteiger partial charge in [0.05, 0.1) is 12.8 Å². The third kappa shape index (κ3) is 4.50. The minimum Gasteiger partial charge on any atom is -0.489 e. The number of hydrogen-bond donors (Lipinski definition) is 3. The Kier molecular flexibility index (Phi) is 5.85. The molecule has 0 spiro atoms. The number of imidazole rings is 1. The van der Waals surface area contributed by atoms with E-state index in [2.05, 4.69) is 27.3 Å². The molecule has 1 atom stereocenters. The summed E-state index contributed by atoms with van der Waals surface area (Å²) in [5.41, 5.74) is 7.57. The van der Waals surface area contributed by atoms with Crippen LogP contribution in [-0.2, 0) is 6.54 Å². The first-order valence-corrected chi connectivity index (χ1v) is 10.6. The van der Waals surface area contributed by atoms with Crippen LogP contribution in [0.5, 0.6) is 5.75 Å². The second kappa shape index (κ2) is 8.57. The molecule has 0 unspecified atom stereocenters. The first-order chi connectivity index (χ1) is 14.9. The van der Waals surface area contributed by atoms with Crippen molar-refractivity contribution in [2.75, 3.05) is 25.4 Å². The highest BCUT2D eigenvalue weighted by atomic mass is 16.5. The van der Waals surface area contributed by atoms with Crippen molar-refractivity contribution >= 4 is 16.7 Å². The lowest BCUT2D eigenvalue weighted by atomic mass is 10.0. The summed E-state index contributed by atoms with van der Waals surface area (Å²) in [5, 5.41) is 17.5. The minimum absolute atomic E-state index is 0.401. The lowest BCUT2D eigenvalue weighted by Crippen LogP contribution is -2.33. The van der Waals surface area contributed by atoms with Crippen molar-refractivity contribution in [1.82, 2.24) is 25.0 Å². The van der Waals surface area contributed by atoms with Gasteiger partial charge in [-0.15, -0.1) is 0 Å². The molecular formula is C22H28N6O3. The number of rotatable bonds is 5. The number of nitrogens with zero attached hydrogens (tertiary/aromatic N) is 4. The number of fused-ring (bicyclic) bond motifs is 1. The Morgan fingerprint density at radius 3 is 2.94 bits per heavy atom. The number of hydrogen-bond acceptors (Lipinski definition) is 8. The number of nitrogen functional groups attached to an aromatic ring is 1. The number of aliphatic hydroxyl groups is 1. The zero-order chi connectivity index (χ0) is 22.0. The van der Waals surface area contributed by atoms with E-state index < -0.39 is 5.60 Å². The van der Waals surface area contributed by atoms with Crippen LogP contribution in [0, 0.1) is 17.8 Å². The average molecular weight is 425 g/mol. The monoisotopic (exact) mass is 424 g/mol. The van der Waals surface area contributed by atoms with Crippen LogP contribution < -0.4 is 15.8 Å². The van der Waals surface area contributed by atoms with Gasteiger partial charge < -0.3 is 30.0 Å². The molecule has 31 heavy (non-hydrogen) atoms. The highest BCUT2D eigenvalue weighted by molar-refractivity contribution is 5.89. The Labute approximate surface area is 181 Å². The molecule has 1 fully saturated rings. The fourth-order valence-corrected chi connectivity index (χ4v) is 3.70. The average Bonchev–Trinajstić information content (AvgIpc) is 3.34.